The molecule has 0 saturated carbocycles. The topological polar surface area (TPSA) is 33.1 Å². The summed E-state index contributed by atoms with van der Waals surface area (Å²) in [5.41, 5.74) is 1.07. The molecule has 0 unspecified atom stereocenters. The molecule has 0 aliphatic carbocycles. The standard InChI is InChI=1S/C8H10NO/c10-6-2-4-8-3-1-5-9-7-8/h1,3-5,7,10H,2,6H2. The Morgan fingerprint density at radius 2 is 2.50 bits per heavy atom. The first-order valence-corrected chi connectivity index (χ1v) is 3.27. The van der Waals surface area contributed by atoms with Crippen molar-refractivity contribution in [3.8, 4) is 0 Å². The van der Waals surface area contributed by atoms with Crippen molar-refractivity contribution in [1.29, 1.82) is 0 Å². The molecule has 1 aromatic heterocycles. The van der Waals surface area contributed by atoms with Crippen molar-refractivity contribution in [2.75, 3.05) is 6.61 Å². The molecule has 0 aromatic carbocycles. The van der Waals surface area contributed by atoms with Crippen LogP contribution in [0.1, 0.15) is 12.0 Å². The van der Waals surface area contributed by atoms with E-state index in [-0.39, 0.29) is 6.61 Å². The predicted octanol–water partition coefficient (Wildman–Crippen LogP) is 1.02. The number of aliphatic hydroxyl groups is 1. The Morgan fingerprint density at radius 1 is 1.60 bits per heavy atom. The van der Waals surface area contributed by atoms with Gasteiger partial charge in [0.25, 0.3) is 0 Å². The lowest BCUT2D eigenvalue weighted by atomic mass is 10.2. The largest absolute Gasteiger partial charge is 0.396 e. The third kappa shape index (κ3) is 2.15. The molecule has 0 fully saturated rings. The Morgan fingerprint density at radius 3 is 3.10 bits per heavy atom. The maximum absolute atomic E-state index is 8.48. The first-order valence-electron chi connectivity index (χ1n) is 3.27. The van der Waals surface area contributed by atoms with Crippen LogP contribution in [-0.2, 0) is 0 Å². The molecule has 1 aromatic rings. The molecule has 0 spiro atoms. The molecule has 1 heterocycles. The van der Waals surface area contributed by atoms with Crippen LogP contribution in [0.4, 0.5) is 0 Å². The van der Waals surface area contributed by atoms with Crippen LogP contribution in [-0.4, -0.2) is 16.7 Å². The summed E-state index contributed by atoms with van der Waals surface area (Å²) in [7, 11) is 0. The minimum absolute atomic E-state index is 0.203. The third-order valence-electron chi connectivity index (χ3n) is 1.19. The summed E-state index contributed by atoms with van der Waals surface area (Å²) in [5.74, 6) is 0. The smallest absolute Gasteiger partial charge is 0.0437 e. The number of nitrogens with zero attached hydrogens (tertiary/aromatic N) is 1. The number of pyridine rings is 1. The monoisotopic (exact) mass is 136 g/mol. The number of rotatable bonds is 3. The van der Waals surface area contributed by atoms with Crippen LogP contribution in [0.5, 0.6) is 0 Å². The molecule has 2 heteroatoms. The van der Waals surface area contributed by atoms with E-state index in [9.17, 15) is 0 Å². The van der Waals surface area contributed by atoms with Crippen LogP contribution < -0.4 is 0 Å². The minimum Gasteiger partial charge on any atom is -0.396 e. The van der Waals surface area contributed by atoms with E-state index in [1.165, 1.54) is 0 Å². The van der Waals surface area contributed by atoms with E-state index in [0.717, 1.165) is 5.56 Å². The molecule has 1 N–H and O–H groups in total. The van der Waals surface area contributed by atoms with Crippen LogP contribution in [0.25, 0.3) is 0 Å². The van der Waals surface area contributed by atoms with Crippen LogP contribution in [0, 0.1) is 6.42 Å². The second kappa shape index (κ2) is 4.01. The number of hydrogen-bond donors (Lipinski definition) is 1. The second-order valence-corrected chi connectivity index (χ2v) is 2.00. The van der Waals surface area contributed by atoms with Gasteiger partial charge in [-0.05, 0) is 24.5 Å². The summed E-state index contributed by atoms with van der Waals surface area (Å²) in [6.07, 6.45) is 6.16. The molecule has 10 heavy (non-hydrogen) atoms. The van der Waals surface area contributed by atoms with Gasteiger partial charge in [0.1, 0.15) is 0 Å². The molecule has 0 atom stereocenters. The highest BCUT2D eigenvalue weighted by molar-refractivity contribution is 5.17. The van der Waals surface area contributed by atoms with Crippen molar-refractivity contribution in [2.45, 2.75) is 6.42 Å². The van der Waals surface area contributed by atoms with Gasteiger partial charge in [-0.25, -0.2) is 0 Å². The van der Waals surface area contributed by atoms with E-state index in [0.29, 0.717) is 6.42 Å². The van der Waals surface area contributed by atoms with Gasteiger partial charge in [0.15, 0.2) is 0 Å². The lowest BCUT2D eigenvalue weighted by Gasteiger charge is -1.94. The molecule has 0 bridgehead atoms. The lowest BCUT2D eigenvalue weighted by Crippen LogP contribution is -1.86. The second-order valence-electron chi connectivity index (χ2n) is 2.00. The molecule has 0 aliphatic rings. The molecular weight excluding hydrogens is 126 g/mol. The van der Waals surface area contributed by atoms with Gasteiger partial charge in [-0.3, -0.25) is 4.98 Å². The van der Waals surface area contributed by atoms with Crippen LogP contribution in [0.3, 0.4) is 0 Å². The van der Waals surface area contributed by atoms with Gasteiger partial charge in [0, 0.05) is 19.0 Å². The highest BCUT2D eigenvalue weighted by atomic mass is 16.2. The summed E-state index contributed by atoms with van der Waals surface area (Å²) in [6.45, 7) is 0.203. The fourth-order valence-corrected chi connectivity index (χ4v) is 0.728. The Bertz CT molecular complexity index is 174. The molecule has 2 nitrogen and oxygen atoms in total. The number of aromatic nitrogens is 1. The molecule has 53 valence electrons. The zero-order valence-corrected chi connectivity index (χ0v) is 5.70. The highest BCUT2D eigenvalue weighted by Gasteiger charge is 1.89. The van der Waals surface area contributed by atoms with Crippen LogP contribution >= 0.6 is 0 Å². The molecule has 0 saturated heterocycles. The average Bonchev–Trinajstić information content (AvgIpc) is 2.03. The molecule has 1 rings (SSSR count). The maximum Gasteiger partial charge on any atom is 0.0437 e. The Labute approximate surface area is 60.5 Å². The number of hydrogen-bond acceptors (Lipinski definition) is 2. The zero-order valence-electron chi connectivity index (χ0n) is 5.70. The van der Waals surface area contributed by atoms with Gasteiger partial charge in [0.2, 0.25) is 0 Å². The fraction of sp³-hybridized carbons (Fsp3) is 0.250. The van der Waals surface area contributed by atoms with Gasteiger partial charge in [-0.15, -0.1) is 0 Å². The van der Waals surface area contributed by atoms with Crippen molar-refractivity contribution < 1.29 is 5.11 Å². The third-order valence-corrected chi connectivity index (χ3v) is 1.19. The first kappa shape index (κ1) is 7.22. The van der Waals surface area contributed by atoms with Gasteiger partial charge in [0.05, 0.1) is 0 Å². The van der Waals surface area contributed by atoms with Crippen molar-refractivity contribution >= 4 is 0 Å². The summed E-state index contributed by atoms with van der Waals surface area (Å²) in [4.78, 5) is 3.92. The zero-order chi connectivity index (χ0) is 7.23. The van der Waals surface area contributed by atoms with E-state index >= 15 is 0 Å². The van der Waals surface area contributed by atoms with E-state index in [2.05, 4.69) is 4.98 Å². The lowest BCUT2D eigenvalue weighted by molar-refractivity contribution is 0.299. The Hall–Kier alpha value is -0.890. The van der Waals surface area contributed by atoms with Gasteiger partial charge >= 0.3 is 0 Å². The minimum atomic E-state index is 0.203. The maximum atomic E-state index is 8.48. The van der Waals surface area contributed by atoms with E-state index in [1.807, 2.05) is 18.6 Å². The van der Waals surface area contributed by atoms with E-state index < -0.39 is 0 Å². The van der Waals surface area contributed by atoms with Crippen molar-refractivity contribution in [1.82, 2.24) is 4.98 Å². The van der Waals surface area contributed by atoms with Crippen molar-refractivity contribution in [3.05, 3.63) is 36.5 Å². The molecule has 0 aliphatic heterocycles. The SMILES string of the molecule is OCC[CH]c1cccnc1. The van der Waals surface area contributed by atoms with Crippen molar-refractivity contribution in [3.63, 3.8) is 0 Å². The van der Waals surface area contributed by atoms with Gasteiger partial charge < -0.3 is 5.11 Å². The first-order chi connectivity index (χ1) is 4.93. The van der Waals surface area contributed by atoms with Gasteiger partial charge in [-0.2, -0.15) is 0 Å². The van der Waals surface area contributed by atoms with E-state index in [4.69, 9.17) is 5.11 Å². The Kier molecular flexibility index (Phi) is 2.90. The molecule has 0 amide bonds. The summed E-state index contributed by atoms with van der Waals surface area (Å²) in [6, 6.07) is 3.84. The molecular formula is C8H10NO. The van der Waals surface area contributed by atoms with E-state index in [1.54, 1.807) is 12.4 Å². The normalized spacial score (nSPS) is 9.70. The summed E-state index contributed by atoms with van der Waals surface area (Å²) in [5, 5.41) is 8.48. The average molecular weight is 136 g/mol. The number of aliphatic hydroxyl groups excluding tert-OH is 1. The predicted molar refractivity (Wildman–Crippen MR) is 39.3 cm³/mol. The molecule has 1 radical (unpaired) electrons. The van der Waals surface area contributed by atoms with Crippen molar-refractivity contribution in [2.24, 2.45) is 0 Å². The summed E-state index contributed by atoms with van der Waals surface area (Å²) < 4.78 is 0. The fourth-order valence-electron chi connectivity index (χ4n) is 0.728. The van der Waals surface area contributed by atoms with Gasteiger partial charge in [-0.1, -0.05) is 6.07 Å². The highest BCUT2D eigenvalue weighted by Crippen LogP contribution is 2.01. The Balaban J connectivity index is 2.43. The summed E-state index contributed by atoms with van der Waals surface area (Å²) >= 11 is 0. The van der Waals surface area contributed by atoms with Crippen LogP contribution in [0.2, 0.25) is 0 Å². The quantitative estimate of drug-likeness (QED) is 0.672. The van der Waals surface area contributed by atoms with Crippen LogP contribution in [0.15, 0.2) is 24.5 Å².